The maximum absolute atomic E-state index is 10.8. The number of fused-ring (bicyclic) bond motifs is 1. The number of β-amino-alcohol motifs (C(OH)–C–C–N with tert-alkyl or cyclic N) is 1. The first-order valence-electron chi connectivity index (χ1n) is 10.7. The molecular weight excluding hydrogens is 362 g/mol. The molecule has 0 amide bonds. The standard InChI is InChI=1S/C24H33N3O2/c1-18-7-9-20(10-8-18)14-26-13-19(2)27(24(26)29)17-23(28)16-25-12-11-21-5-3-4-6-22(21)15-25/h3-10,19,23-24,28-29H,11-17H2,1-2H3. The Labute approximate surface area is 174 Å². The Balaban J connectivity index is 1.31. The highest BCUT2D eigenvalue weighted by Gasteiger charge is 2.36. The third kappa shape index (κ3) is 4.87. The third-order valence-electron chi connectivity index (χ3n) is 6.29. The maximum atomic E-state index is 10.8. The number of rotatable bonds is 6. The van der Waals surface area contributed by atoms with E-state index in [1.807, 2.05) is 4.90 Å². The molecular formula is C24H33N3O2. The maximum Gasteiger partial charge on any atom is 0.166 e. The Hall–Kier alpha value is -1.76. The van der Waals surface area contributed by atoms with Crippen LogP contribution in [0.15, 0.2) is 48.5 Å². The van der Waals surface area contributed by atoms with Gasteiger partial charge in [-0.25, -0.2) is 0 Å². The molecule has 0 spiro atoms. The predicted molar refractivity (Wildman–Crippen MR) is 115 cm³/mol. The number of aliphatic hydroxyl groups excluding tert-OH is 2. The molecule has 156 valence electrons. The van der Waals surface area contributed by atoms with E-state index in [0.717, 1.165) is 32.6 Å². The largest absolute Gasteiger partial charge is 0.390 e. The fourth-order valence-electron chi connectivity index (χ4n) is 4.63. The molecule has 2 N–H and O–H groups in total. The minimum Gasteiger partial charge on any atom is -0.390 e. The molecule has 0 aromatic heterocycles. The van der Waals surface area contributed by atoms with E-state index in [9.17, 15) is 10.2 Å². The topological polar surface area (TPSA) is 50.2 Å². The van der Waals surface area contributed by atoms with Crippen molar-refractivity contribution in [3.63, 3.8) is 0 Å². The van der Waals surface area contributed by atoms with Crippen LogP contribution in [0.25, 0.3) is 0 Å². The zero-order valence-corrected chi connectivity index (χ0v) is 17.5. The van der Waals surface area contributed by atoms with Crippen LogP contribution in [0, 0.1) is 6.92 Å². The van der Waals surface area contributed by atoms with Crippen LogP contribution < -0.4 is 0 Å². The zero-order chi connectivity index (χ0) is 20.4. The lowest BCUT2D eigenvalue weighted by molar-refractivity contribution is -0.0827. The molecule has 5 heteroatoms. The average Bonchev–Trinajstić information content (AvgIpc) is 2.97. The number of hydrogen-bond acceptors (Lipinski definition) is 5. The normalized spacial score (nSPS) is 24.6. The number of hydrogen-bond donors (Lipinski definition) is 2. The molecule has 2 aliphatic rings. The summed E-state index contributed by atoms with van der Waals surface area (Å²) in [5, 5.41) is 21.6. The van der Waals surface area contributed by atoms with Crippen molar-refractivity contribution in [1.29, 1.82) is 0 Å². The number of aliphatic hydroxyl groups is 2. The Morgan fingerprint density at radius 3 is 2.52 bits per heavy atom. The van der Waals surface area contributed by atoms with Gasteiger partial charge in [-0.1, -0.05) is 54.1 Å². The van der Waals surface area contributed by atoms with E-state index in [2.05, 4.69) is 72.2 Å². The summed E-state index contributed by atoms with van der Waals surface area (Å²) in [6.45, 7) is 8.74. The fraction of sp³-hybridized carbons (Fsp3) is 0.500. The minimum absolute atomic E-state index is 0.215. The van der Waals surface area contributed by atoms with Crippen molar-refractivity contribution < 1.29 is 10.2 Å². The first-order chi connectivity index (χ1) is 14.0. The summed E-state index contributed by atoms with van der Waals surface area (Å²) >= 11 is 0. The molecule has 4 rings (SSSR count). The van der Waals surface area contributed by atoms with Gasteiger partial charge in [0.1, 0.15) is 0 Å². The van der Waals surface area contributed by atoms with Crippen LogP contribution in [0.5, 0.6) is 0 Å². The van der Waals surface area contributed by atoms with Gasteiger partial charge in [0.2, 0.25) is 0 Å². The molecule has 29 heavy (non-hydrogen) atoms. The van der Waals surface area contributed by atoms with E-state index in [-0.39, 0.29) is 6.04 Å². The molecule has 5 nitrogen and oxygen atoms in total. The van der Waals surface area contributed by atoms with Crippen LogP contribution >= 0.6 is 0 Å². The molecule has 1 saturated heterocycles. The second kappa shape index (κ2) is 8.94. The molecule has 2 aromatic carbocycles. The van der Waals surface area contributed by atoms with Crippen LogP contribution in [0.2, 0.25) is 0 Å². The Morgan fingerprint density at radius 2 is 1.76 bits per heavy atom. The summed E-state index contributed by atoms with van der Waals surface area (Å²) in [5.41, 5.74) is 5.24. The summed E-state index contributed by atoms with van der Waals surface area (Å²) in [5.74, 6) is 0. The summed E-state index contributed by atoms with van der Waals surface area (Å²) in [7, 11) is 0. The van der Waals surface area contributed by atoms with Gasteiger partial charge in [-0.3, -0.25) is 14.7 Å². The lowest BCUT2D eigenvalue weighted by Gasteiger charge is -2.33. The smallest absolute Gasteiger partial charge is 0.166 e. The second-order valence-electron chi connectivity index (χ2n) is 8.71. The molecule has 0 radical (unpaired) electrons. The van der Waals surface area contributed by atoms with Gasteiger partial charge in [0.05, 0.1) is 6.10 Å². The van der Waals surface area contributed by atoms with Crippen molar-refractivity contribution in [2.24, 2.45) is 0 Å². The van der Waals surface area contributed by atoms with Gasteiger partial charge in [0.15, 0.2) is 6.35 Å². The van der Waals surface area contributed by atoms with Crippen molar-refractivity contribution in [1.82, 2.24) is 14.7 Å². The molecule has 3 atom stereocenters. The van der Waals surface area contributed by atoms with Crippen molar-refractivity contribution in [2.45, 2.75) is 51.9 Å². The first-order valence-corrected chi connectivity index (χ1v) is 10.7. The molecule has 0 aliphatic carbocycles. The van der Waals surface area contributed by atoms with E-state index in [1.165, 1.54) is 22.3 Å². The van der Waals surface area contributed by atoms with Crippen LogP contribution in [-0.4, -0.2) is 69.6 Å². The van der Waals surface area contributed by atoms with Gasteiger partial charge in [-0.15, -0.1) is 0 Å². The second-order valence-corrected chi connectivity index (χ2v) is 8.71. The highest BCUT2D eigenvalue weighted by molar-refractivity contribution is 5.29. The lowest BCUT2D eigenvalue weighted by Crippen LogP contribution is -2.47. The Morgan fingerprint density at radius 1 is 1.03 bits per heavy atom. The van der Waals surface area contributed by atoms with Crippen LogP contribution in [0.1, 0.15) is 29.2 Å². The molecule has 2 aromatic rings. The molecule has 0 bridgehead atoms. The lowest BCUT2D eigenvalue weighted by atomic mass is 10.00. The number of benzene rings is 2. The third-order valence-corrected chi connectivity index (χ3v) is 6.29. The monoisotopic (exact) mass is 395 g/mol. The van der Waals surface area contributed by atoms with Gasteiger partial charge < -0.3 is 10.2 Å². The van der Waals surface area contributed by atoms with Crippen molar-refractivity contribution in [2.75, 3.05) is 26.2 Å². The van der Waals surface area contributed by atoms with Gasteiger partial charge >= 0.3 is 0 Å². The molecule has 1 fully saturated rings. The Bertz CT molecular complexity index is 810. The quantitative estimate of drug-likeness (QED) is 0.785. The van der Waals surface area contributed by atoms with Crippen molar-refractivity contribution >= 4 is 0 Å². The fourth-order valence-corrected chi connectivity index (χ4v) is 4.63. The number of nitrogens with zero attached hydrogens (tertiary/aromatic N) is 3. The van der Waals surface area contributed by atoms with Gasteiger partial charge in [-0.2, -0.15) is 0 Å². The summed E-state index contributed by atoms with van der Waals surface area (Å²) in [4.78, 5) is 6.43. The van der Waals surface area contributed by atoms with Crippen LogP contribution in [-0.2, 0) is 19.5 Å². The first kappa shape index (κ1) is 20.5. The SMILES string of the molecule is Cc1ccc(CN2CC(C)N(CC(O)CN3CCc4ccccc4C3)C2O)cc1. The highest BCUT2D eigenvalue weighted by Crippen LogP contribution is 2.23. The number of aryl methyl sites for hydroxylation is 1. The van der Waals surface area contributed by atoms with Crippen molar-refractivity contribution in [3.05, 3.63) is 70.8 Å². The summed E-state index contributed by atoms with van der Waals surface area (Å²) in [6.07, 6.45) is -0.0876. The molecule has 2 aliphatic heterocycles. The summed E-state index contributed by atoms with van der Waals surface area (Å²) < 4.78 is 0. The van der Waals surface area contributed by atoms with Gasteiger partial charge in [0.25, 0.3) is 0 Å². The van der Waals surface area contributed by atoms with Gasteiger partial charge in [-0.05, 0) is 37.0 Å². The zero-order valence-electron chi connectivity index (χ0n) is 17.5. The van der Waals surface area contributed by atoms with Crippen molar-refractivity contribution in [3.8, 4) is 0 Å². The molecule has 2 heterocycles. The van der Waals surface area contributed by atoms with Crippen LogP contribution in [0.4, 0.5) is 0 Å². The van der Waals surface area contributed by atoms with E-state index in [1.54, 1.807) is 0 Å². The van der Waals surface area contributed by atoms with E-state index in [4.69, 9.17) is 0 Å². The van der Waals surface area contributed by atoms with Gasteiger partial charge in [0, 0.05) is 45.3 Å². The van der Waals surface area contributed by atoms with E-state index >= 15 is 0 Å². The summed E-state index contributed by atoms with van der Waals surface area (Å²) in [6, 6.07) is 17.3. The highest BCUT2D eigenvalue weighted by atomic mass is 16.3. The molecule has 3 unspecified atom stereocenters. The van der Waals surface area contributed by atoms with E-state index < -0.39 is 12.5 Å². The average molecular weight is 396 g/mol. The Kier molecular flexibility index (Phi) is 6.32. The molecule has 0 saturated carbocycles. The minimum atomic E-state index is -0.650. The van der Waals surface area contributed by atoms with Crippen LogP contribution in [0.3, 0.4) is 0 Å². The predicted octanol–water partition coefficient (Wildman–Crippen LogP) is 2.20. The van der Waals surface area contributed by atoms with E-state index in [0.29, 0.717) is 13.1 Å².